The van der Waals surface area contributed by atoms with Crippen LogP contribution in [0.1, 0.15) is 47.5 Å². The molecule has 15 heavy (non-hydrogen) atoms. The first-order valence-corrected chi connectivity index (χ1v) is 5.70. The maximum atomic E-state index is 9.75. The van der Waals surface area contributed by atoms with Crippen molar-refractivity contribution in [3.63, 3.8) is 0 Å². The van der Waals surface area contributed by atoms with Gasteiger partial charge in [-0.2, -0.15) is 0 Å². The third-order valence-corrected chi connectivity index (χ3v) is 2.42. The van der Waals surface area contributed by atoms with E-state index in [-0.39, 0.29) is 12.6 Å². The van der Waals surface area contributed by atoms with Gasteiger partial charge >= 0.3 is 0 Å². The summed E-state index contributed by atoms with van der Waals surface area (Å²) in [5.41, 5.74) is 4.94. The Morgan fingerprint density at radius 1 is 1.27 bits per heavy atom. The van der Waals surface area contributed by atoms with E-state index in [1.807, 2.05) is 6.92 Å². The number of hydrogen-bond donors (Lipinski definition) is 2. The van der Waals surface area contributed by atoms with Gasteiger partial charge in [0.15, 0.2) is 0 Å². The number of ether oxygens (including phenoxy) is 1. The fourth-order valence-electron chi connectivity index (χ4n) is 1.33. The molecule has 0 aromatic rings. The summed E-state index contributed by atoms with van der Waals surface area (Å²) in [6.07, 6.45) is 1.68. The SMILES string of the molecule is CC(CC(C)(O)CN)OCCC(C)(C)C. The van der Waals surface area contributed by atoms with Crippen molar-refractivity contribution in [2.24, 2.45) is 11.1 Å². The molecule has 0 rings (SSSR count). The number of rotatable bonds is 6. The molecule has 0 aliphatic heterocycles. The van der Waals surface area contributed by atoms with Gasteiger partial charge in [0.25, 0.3) is 0 Å². The average Bonchev–Trinajstić information content (AvgIpc) is 2.00. The Kier molecular flexibility index (Phi) is 5.78. The molecule has 0 saturated carbocycles. The smallest absolute Gasteiger partial charge is 0.0765 e. The Hall–Kier alpha value is -0.120. The summed E-state index contributed by atoms with van der Waals surface area (Å²) in [6.45, 7) is 11.3. The quantitative estimate of drug-likeness (QED) is 0.715. The molecule has 3 heteroatoms. The molecule has 3 nitrogen and oxygen atoms in total. The normalized spacial score (nSPS) is 18.6. The molecule has 0 heterocycles. The summed E-state index contributed by atoms with van der Waals surface area (Å²) in [6, 6.07) is 0. The van der Waals surface area contributed by atoms with Crippen LogP contribution in [0.2, 0.25) is 0 Å². The molecule has 2 atom stereocenters. The number of hydrogen-bond acceptors (Lipinski definition) is 3. The van der Waals surface area contributed by atoms with Crippen molar-refractivity contribution >= 4 is 0 Å². The third kappa shape index (κ3) is 8.85. The van der Waals surface area contributed by atoms with Gasteiger partial charge in [0, 0.05) is 19.6 Å². The highest BCUT2D eigenvalue weighted by Gasteiger charge is 2.22. The maximum absolute atomic E-state index is 9.75. The summed E-state index contributed by atoms with van der Waals surface area (Å²) < 4.78 is 5.64. The van der Waals surface area contributed by atoms with Gasteiger partial charge in [-0.25, -0.2) is 0 Å². The summed E-state index contributed by atoms with van der Waals surface area (Å²) in [7, 11) is 0. The predicted molar refractivity (Wildman–Crippen MR) is 63.8 cm³/mol. The van der Waals surface area contributed by atoms with Gasteiger partial charge in [0.1, 0.15) is 0 Å². The highest BCUT2D eigenvalue weighted by atomic mass is 16.5. The average molecular weight is 217 g/mol. The lowest BCUT2D eigenvalue weighted by Crippen LogP contribution is -2.37. The molecule has 2 unspecified atom stereocenters. The Morgan fingerprint density at radius 3 is 2.20 bits per heavy atom. The molecule has 0 bridgehead atoms. The van der Waals surface area contributed by atoms with E-state index in [1.54, 1.807) is 6.92 Å². The molecule has 0 aliphatic carbocycles. The van der Waals surface area contributed by atoms with Gasteiger partial charge in [0.2, 0.25) is 0 Å². The van der Waals surface area contributed by atoms with Crippen molar-refractivity contribution < 1.29 is 9.84 Å². The van der Waals surface area contributed by atoms with Crippen molar-refractivity contribution in [1.29, 1.82) is 0 Å². The molecule has 0 amide bonds. The zero-order valence-corrected chi connectivity index (χ0v) is 10.8. The fourth-order valence-corrected chi connectivity index (χ4v) is 1.33. The summed E-state index contributed by atoms with van der Waals surface area (Å²) in [5, 5.41) is 9.75. The van der Waals surface area contributed by atoms with Crippen LogP contribution in [-0.2, 0) is 4.74 Å². The minimum atomic E-state index is -0.804. The highest BCUT2D eigenvalue weighted by molar-refractivity contribution is 4.76. The van der Waals surface area contributed by atoms with Crippen molar-refractivity contribution in [1.82, 2.24) is 0 Å². The van der Waals surface area contributed by atoms with Crippen LogP contribution in [0, 0.1) is 5.41 Å². The standard InChI is InChI=1S/C12H27NO2/c1-10(8-12(5,14)9-13)15-7-6-11(2,3)4/h10,14H,6-9,13H2,1-5H3. The van der Waals surface area contributed by atoms with Crippen LogP contribution in [-0.4, -0.2) is 30.0 Å². The van der Waals surface area contributed by atoms with E-state index in [0.29, 0.717) is 11.8 Å². The number of aliphatic hydroxyl groups is 1. The molecule has 0 spiro atoms. The summed E-state index contributed by atoms with van der Waals surface area (Å²) >= 11 is 0. The molecule has 0 aromatic heterocycles. The van der Waals surface area contributed by atoms with E-state index < -0.39 is 5.60 Å². The van der Waals surface area contributed by atoms with Crippen LogP contribution in [0.25, 0.3) is 0 Å². The van der Waals surface area contributed by atoms with Crippen LogP contribution in [0.5, 0.6) is 0 Å². The van der Waals surface area contributed by atoms with Crippen molar-refractivity contribution in [2.45, 2.75) is 59.2 Å². The van der Waals surface area contributed by atoms with Crippen LogP contribution < -0.4 is 5.73 Å². The lowest BCUT2D eigenvalue weighted by Gasteiger charge is -2.26. The number of nitrogens with two attached hydrogens (primary N) is 1. The first-order valence-electron chi connectivity index (χ1n) is 5.70. The minimum absolute atomic E-state index is 0.0610. The van der Waals surface area contributed by atoms with Gasteiger partial charge in [-0.1, -0.05) is 20.8 Å². The van der Waals surface area contributed by atoms with E-state index >= 15 is 0 Å². The topological polar surface area (TPSA) is 55.5 Å². The van der Waals surface area contributed by atoms with Gasteiger partial charge < -0.3 is 15.6 Å². The Balaban J connectivity index is 3.71. The lowest BCUT2D eigenvalue weighted by atomic mass is 9.93. The molecular formula is C12H27NO2. The Morgan fingerprint density at radius 2 is 1.80 bits per heavy atom. The summed E-state index contributed by atoms with van der Waals surface area (Å²) in [5.74, 6) is 0. The van der Waals surface area contributed by atoms with Gasteiger partial charge in [-0.15, -0.1) is 0 Å². The monoisotopic (exact) mass is 217 g/mol. The van der Waals surface area contributed by atoms with Crippen LogP contribution in [0.4, 0.5) is 0 Å². The van der Waals surface area contributed by atoms with Crippen LogP contribution in [0.15, 0.2) is 0 Å². The van der Waals surface area contributed by atoms with Crippen molar-refractivity contribution in [2.75, 3.05) is 13.2 Å². The minimum Gasteiger partial charge on any atom is -0.389 e. The maximum Gasteiger partial charge on any atom is 0.0765 e. The van der Waals surface area contributed by atoms with Gasteiger partial charge in [-0.05, 0) is 25.7 Å². The van der Waals surface area contributed by atoms with E-state index in [0.717, 1.165) is 13.0 Å². The van der Waals surface area contributed by atoms with Crippen molar-refractivity contribution in [3.8, 4) is 0 Å². The zero-order valence-electron chi connectivity index (χ0n) is 10.8. The second-order valence-electron chi connectivity index (χ2n) is 5.90. The first kappa shape index (κ1) is 14.9. The van der Waals surface area contributed by atoms with Gasteiger partial charge in [-0.3, -0.25) is 0 Å². The Labute approximate surface area is 94.0 Å². The molecule has 3 N–H and O–H groups in total. The third-order valence-electron chi connectivity index (χ3n) is 2.42. The highest BCUT2D eigenvalue weighted by Crippen LogP contribution is 2.19. The fraction of sp³-hybridized carbons (Fsp3) is 1.00. The second kappa shape index (κ2) is 5.83. The van der Waals surface area contributed by atoms with Crippen LogP contribution >= 0.6 is 0 Å². The van der Waals surface area contributed by atoms with E-state index in [9.17, 15) is 5.11 Å². The molecule has 0 fully saturated rings. The molecule has 0 saturated heterocycles. The second-order valence-corrected chi connectivity index (χ2v) is 5.90. The molecule has 92 valence electrons. The summed E-state index contributed by atoms with van der Waals surface area (Å²) in [4.78, 5) is 0. The zero-order chi connectivity index (χ0) is 12.1. The lowest BCUT2D eigenvalue weighted by molar-refractivity contribution is -0.0227. The predicted octanol–water partition coefficient (Wildman–Crippen LogP) is 1.93. The van der Waals surface area contributed by atoms with Crippen LogP contribution in [0.3, 0.4) is 0 Å². The first-order chi connectivity index (χ1) is 6.66. The van der Waals surface area contributed by atoms with E-state index in [4.69, 9.17) is 10.5 Å². The molecular weight excluding hydrogens is 190 g/mol. The van der Waals surface area contributed by atoms with Crippen molar-refractivity contribution in [3.05, 3.63) is 0 Å². The largest absolute Gasteiger partial charge is 0.389 e. The van der Waals surface area contributed by atoms with Gasteiger partial charge in [0.05, 0.1) is 11.7 Å². The van der Waals surface area contributed by atoms with E-state index in [2.05, 4.69) is 20.8 Å². The van der Waals surface area contributed by atoms with E-state index in [1.165, 1.54) is 0 Å². The Bertz CT molecular complexity index is 173. The molecule has 0 aromatic carbocycles. The molecule has 0 aliphatic rings. The molecule has 0 radical (unpaired) electrons.